The van der Waals surface area contributed by atoms with E-state index in [1.807, 2.05) is 36.1 Å². The van der Waals surface area contributed by atoms with Gasteiger partial charge in [-0.2, -0.15) is 0 Å². The zero-order valence-corrected chi connectivity index (χ0v) is 12.4. The normalized spacial score (nSPS) is 18.0. The summed E-state index contributed by atoms with van der Waals surface area (Å²) in [6, 6.07) is 8.18. The Hall–Kier alpha value is -1.55. The van der Waals surface area contributed by atoms with Crippen LogP contribution in [-0.2, 0) is 11.2 Å². The summed E-state index contributed by atoms with van der Waals surface area (Å²) < 4.78 is 5.13. The summed E-state index contributed by atoms with van der Waals surface area (Å²) in [5.41, 5.74) is 1.04. The molecule has 1 heterocycles. The number of carbonyl (C=O) groups is 1. The lowest BCUT2D eigenvalue weighted by Gasteiger charge is -2.24. The highest BCUT2D eigenvalue weighted by atomic mass is 16.5. The van der Waals surface area contributed by atoms with Crippen molar-refractivity contribution in [2.75, 3.05) is 26.7 Å². The fraction of sp³-hybridized carbons (Fsp3) is 0.562. The third kappa shape index (κ3) is 3.97. The van der Waals surface area contributed by atoms with Crippen molar-refractivity contribution in [2.24, 2.45) is 0 Å². The highest BCUT2D eigenvalue weighted by molar-refractivity contribution is 5.78. The molecule has 0 aliphatic carbocycles. The zero-order valence-electron chi connectivity index (χ0n) is 12.4. The Morgan fingerprint density at radius 2 is 2.15 bits per heavy atom. The van der Waals surface area contributed by atoms with Gasteiger partial charge in [-0.05, 0) is 44.0 Å². The molecule has 1 aromatic rings. The quantitative estimate of drug-likeness (QED) is 0.862. The first-order chi connectivity index (χ1) is 9.72. The van der Waals surface area contributed by atoms with Crippen molar-refractivity contribution in [3.05, 3.63) is 29.8 Å². The van der Waals surface area contributed by atoms with Gasteiger partial charge in [-0.15, -0.1) is 0 Å². The molecular weight excluding hydrogens is 252 g/mol. The number of amides is 1. The number of carbonyl (C=O) groups excluding carboxylic acids is 1. The lowest BCUT2D eigenvalue weighted by Crippen LogP contribution is -2.41. The van der Waals surface area contributed by atoms with Gasteiger partial charge >= 0.3 is 0 Å². The summed E-state index contributed by atoms with van der Waals surface area (Å²) in [5.74, 6) is 1.02. The summed E-state index contributed by atoms with van der Waals surface area (Å²) in [7, 11) is 1.65. The number of rotatable bonds is 6. The molecule has 1 atom stereocenters. The summed E-state index contributed by atoms with van der Waals surface area (Å²) in [6.45, 7) is 4.72. The van der Waals surface area contributed by atoms with E-state index in [0.717, 1.165) is 30.9 Å². The highest BCUT2D eigenvalue weighted by Gasteiger charge is 2.20. The van der Waals surface area contributed by atoms with E-state index >= 15 is 0 Å². The van der Waals surface area contributed by atoms with Crippen molar-refractivity contribution in [3.63, 3.8) is 0 Å². The van der Waals surface area contributed by atoms with E-state index in [2.05, 4.69) is 5.32 Å². The van der Waals surface area contributed by atoms with E-state index in [1.54, 1.807) is 7.11 Å². The minimum absolute atomic E-state index is 0.200. The summed E-state index contributed by atoms with van der Waals surface area (Å²) >= 11 is 0. The van der Waals surface area contributed by atoms with Crippen LogP contribution in [0.5, 0.6) is 5.75 Å². The van der Waals surface area contributed by atoms with Gasteiger partial charge in [-0.1, -0.05) is 12.1 Å². The van der Waals surface area contributed by atoms with E-state index in [4.69, 9.17) is 4.74 Å². The van der Waals surface area contributed by atoms with Crippen molar-refractivity contribution in [2.45, 2.75) is 32.2 Å². The Balaban J connectivity index is 1.90. The summed E-state index contributed by atoms with van der Waals surface area (Å²) in [6.07, 6.45) is 2.85. The van der Waals surface area contributed by atoms with Gasteiger partial charge in [-0.25, -0.2) is 0 Å². The second kappa shape index (κ2) is 7.29. The van der Waals surface area contributed by atoms with Crippen LogP contribution in [-0.4, -0.2) is 43.6 Å². The Morgan fingerprint density at radius 1 is 1.40 bits per heavy atom. The topological polar surface area (TPSA) is 41.6 Å². The van der Waals surface area contributed by atoms with Crippen LogP contribution < -0.4 is 10.1 Å². The first-order valence-corrected chi connectivity index (χ1v) is 7.37. The Kier molecular flexibility index (Phi) is 5.41. The third-order valence-corrected chi connectivity index (χ3v) is 3.85. The Bertz CT molecular complexity index is 425. The van der Waals surface area contributed by atoms with E-state index in [9.17, 15) is 4.79 Å². The maximum Gasteiger partial charge on any atom is 0.227 e. The SMILES string of the molecule is CCN(CC1CCCN1)C(=O)Cc1ccc(OC)cc1. The minimum atomic E-state index is 0.200. The molecule has 1 fully saturated rings. The number of hydrogen-bond acceptors (Lipinski definition) is 3. The monoisotopic (exact) mass is 276 g/mol. The molecule has 1 aliphatic rings. The van der Waals surface area contributed by atoms with Gasteiger partial charge < -0.3 is 15.0 Å². The number of ether oxygens (including phenoxy) is 1. The summed E-state index contributed by atoms with van der Waals surface area (Å²) in [5, 5.41) is 3.44. The van der Waals surface area contributed by atoms with Gasteiger partial charge in [0, 0.05) is 19.1 Å². The molecule has 1 amide bonds. The first kappa shape index (κ1) is 14.9. The molecule has 0 spiro atoms. The molecule has 1 aromatic carbocycles. The minimum Gasteiger partial charge on any atom is -0.497 e. The number of methoxy groups -OCH3 is 1. The predicted molar refractivity (Wildman–Crippen MR) is 80.0 cm³/mol. The highest BCUT2D eigenvalue weighted by Crippen LogP contribution is 2.13. The number of nitrogens with zero attached hydrogens (tertiary/aromatic N) is 1. The second-order valence-corrected chi connectivity index (χ2v) is 5.25. The van der Waals surface area contributed by atoms with E-state index in [1.165, 1.54) is 12.8 Å². The van der Waals surface area contributed by atoms with Gasteiger partial charge in [0.25, 0.3) is 0 Å². The van der Waals surface area contributed by atoms with Crippen LogP contribution in [0.1, 0.15) is 25.3 Å². The molecule has 0 aromatic heterocycles. The number of hydrogen-bond donors (Lipinski definition) is 1. The fourth-order valence-electron chi connectivity index (χ4n) is 2.62. The van der Waals surface area contributed by atoms with Crippen molar-refractivity contribution in [1.29, 1.82) is 0 Å². The van der Waals surface area contributed by atoms with E-state index in [-0.39, 0.29) is 5.91 Å². The van der Waals surface area contributed by atoms with E-state index in [0.29, 0.717) is 12.5 Å². The smallest absolute Gasteiger partial charge is 0.227 e. The van der Waals surface area contributed by atoms with Crippen molar-refractivity contribution in [1.82, 2.24) is 10.2 Å². The molecule has 4 nitrogen and oxygen atoms in total. The standard InChI is InChI=1S/C16H24N2O2/c1-3-18(12-14-5-4-10-17-14)16(19)11-13-6-8-15(20-2)9-7-13/h6-9,14,17H,3-5,10-12H2,1-2H3. The third-order valence-electron chi connectivity index (χ3n) is 3.85. The van der Waals surface area contributed by atoms with E-state index < -0.39 is 0 Å². The van der Waals surface area contributed by atoms with Crippen LogP contribution in [0.15, 0.2) is 24.3 Å². The van der Waals surface area contributed by atoms with Crippen molar-refractivity contribution < 1.29 is 9.53 Å². The number of likely N-dealkylation sites (N-methyl/N-ethyl adjacent to an activating group) is 1. The van der Waals surface area contributed by atoms with Crippen molar-refractivity contribution in [3.8, 4) is 5.75 Å². The second-order valence-electron chi connectivity index (χ2n) is 5.25. The van der Waals surface area contributed by atoms with Gasteiger partial charge in [0.2, 0.25) is 5.91 Å². The maximum atomic E-state index is 12.4. The largest absolute Gasteiger partial charge is 0.497 e. The maximum absolute atomic E-state index is 12.4. The van der Waals surface area contributed by atoms with Crippen LogP contribution in [0.4, 0.5) is 0 Å². The summed E-state index contributed by atoms with van der Waals surface area (Å²) in [4.78, 5) is 14.3. The molecule has 0 radical (unpaired) electrons. The average Bonchev–Trinajstić information content (AvgIpc) is 2.98. The molecular formula is C16H24N2O2. The number of nitrogens with one attached hydrogen (secondary N) is 1. The molecule has 110 valence electrons. The average molecular weight is 276 g/mol. The molecule has 0 bridgehead atoms. The van der Waals surface area contributed by atoms with Crippen LogP contribution >= 0.6 is 0 Å². The molecule has 1 aliphatic heterocycles. The molecule has 1 N–H and O–H groups in total. The van der Waals surface area contributed by atoms with Gasteiger partial charge in [-0.3, -0.25) is 4.79 Å². The van der Waals surface area contributed by atoms with Crippen LogP contribution in [0.25, 0.3) is 0 Å². The van der Waals surface area contributed by atoms with Crippen LogP contribution in [0.2, 0.25) is 0 Å². The van der Waals surface area contributed by atoms with Gasteiger partial charge in [0.15, 0.2) is 0 Å². The molecule has 1 saturated heterocycles. The molecule has 1 unspecified atom stereocenters. The first-order valence-electron chi connectivity index (χ1n) is 7.37. The lowest BCUT2D eigenvalue weighted by atomic mass is 10.1. The Morgan fingerprint density at radius 3 is 2.70 bits per heavy atom. The Labute approximate surface area is 121 Å². The number of benzene rings is 1. The van der Waals surface area contributed by atoms with Gasteiger partial charge in [0.1, 0.15) is 5.75 Å². The molecule has 4 heteroatoms. The fourth-order valence-corrected chi connectivity index (χ4v) is 2.62. The lowest BCUT2D eigenvalue weighted by molar-refractivity contribution is -0.130. The molecule has 0 saturated carbocycles. The van der Waals surface area contributed by atoms with Crippen LogP contribution in [0, 0.1) is 0 Å². The predicted octanol–water partition coefficient (Wildman–Crippen LogP) is 1.84. The van der Waals surface area contributed by atoms with Crippen LogP contribution in [0.3, 0.4) is 0 Å². The molecule has 20 heavy (non-hydrogen) atoms. The molecule has 2 rings (SSSR count). The van der Waals surface area contributed by atoms with Gasteiger partial charge in [0.05, 0.1) is 13.5 Å². The van der Waals surface area contributed by atoms with Crippen molar-refractivity contribution >= 4 is 5.91 Å². The zero-order chi connectivity index (χ0) is 14.4.